The van der Waals surface area contributed by atoms with Crippen molar-refractivity contribution >= 4 is 22.7 Å². The van der Waals surface area contributed by atoms with Crippen LogP contribution in [0.2, 0.25) is 0 Å². The Morgan fingerprint density at radius 1 is 0.759 bits per heavy atom. The molecule has 0 aromatic heterocycles. The predicted molar refractivity (Wildman–Crippen MR) is 118 cm³/mol. The number of alkyl halides is 1. The number of ether oxygens (including phenoxy) is 1. The summed E-state index contributed by atoms with van der Waals surface area (Å²) < 4.78 is 5.59. The van der Waals surface area contributed by atoms with Crippen molar-refractivity contribution in [3.8, 4) is 17.2 Å². The quantitative estimate of drug-likeness (QED) is 0.360. The molecule has 0 bridgehead atoms. The van der Waals surface area contributed by atoms with Gasteiger partial charge >= 0.3 is 0 Å². The van der Waals surface area contributed by atoms with E-state index in [0.717, 1.165) is 33.6 Å². The van der Waals surface area contributed by atoms with Crippen LogP contribution < -0.4 is 10.5 Å². The van der Waals surface area contributed by atoms with Crippen LogP contribution >= 0.6 is 11.6 Å². The number of benzene rings is 3. The zero-order valence-electron chi connectivity index (χ0n) is 16.0. The fourth-order valence-electron chi connectivity index (χ4n) is 3.21. The highest BCUT2D eigenvalue weighted by atomic mass is 35.5. The van der Waals surface area contributed by atoms with Crippen molar-refractivity contribution in [2.45, 2.75) is 6.42 Å². The molecular weight excluding hydrogens is 386 g/mol. The zero-order valence-corrected chi connectivity index (χ0v) is 16.8. The van der Waals surface area contributed by atoms with Gasteiger partial charge in [0.1, 0.15) is 23.9 Å². The number of phenols is 2. The molecule has 4 N–H and O–H groups in total. The van der Waals surface area contributed by atoms with Crippen LogP contribution in [0.5, 0.6) is 17.2 Å². The first kappa shape index (κ1) is 20.8. The summed E-state index contributed by atoms with van der Waals surface area (Å²) in [6.07, 6.45) is 0.647. The normalized spacial score (nSPS) is 11.8. The van der Waals surface area contributed by atoms with Crippen LogP contribution in [0.3, 0.4) is 0 Å². The van der Waals surface area contributed by atoms with Crippen LogP contribution in [-0.2, 0) is 0 Å². The molecule has 0 spiro atoms. The molecule has 0 radical (unpaired) electrons. The van der Waals surface area contributed by atoms with Gasteiger partial charge in [-0.2, -0.15) is 0 Å². The minimum Gasteiger partial charge on any atom is -0.508 e. The Morgan fingerprint density at radius 2 is 1.24 bits per heavy atom. The number of allylic oxidation sites excluding steroid dienone is 1. The van der Waals surface area contributed by atoms with Crippen LogP contribution in [0.4, 0.5) is 0 Å². The topological polar surface area (TPSA) is 75.7 Å². The number of hydrogen-bond donors (Lipinski definition) is 3. The Balaban J connectivity index is 2.16. The number of halogens is 1. The van der Waals surface area contributed by atoms with Crippen LogP contribution in [0.15, 0.2) is 72.8 Å². The average Bonchev–Trinajstić information content (AvgIpc) is 2.74. The van der Waals surface area contributed by atoms with Gasteiger partial charge in [0, 0.05) is 12.4 Å². The molecule has 0 amide bonds. The lowest BCUT2D eigenvalue weighted by atomic mass is 9.88. The lowest BCUT2D eigenvalue weighted by Crippen LogP contribution is -2.10. The van der Waals surface area contributed by atoms with Gasteiger partial charge in [-0.05, 0) is 70.7 Å². The maximum absolute atomic E-state index is 9.73. The van der Waals surface area contributed by atoms with Crippen molar-refractivity contribution in [3.05, 3.63) is 89.5 Å². The largest absolute Gasteiger partial charge is 0.508 e. The van der Waals surface area contributed by atoms with Crippen molar-refractivity contribution in [1.82, 2.24) is 0 Å². The summed E-state index contributed by atoms with van der Waals surface area (Å²) in [5.74, 6) is 1.64. The fraction of sp³-hybridized carbons (Fsp3) is 0.167. The third-order valence-electron chi connectivity index (χ3n) is 4.55. The van der Waals surface area contributed by atoms with E-state index in [9.17, 15) is 10.2 Å². The van der Waals surface area contributed by atoms with Gasteiger partial charge in [-0.1, -0.05) is 36.4 Å². The van der Waals surface area contributed by atoms with E-state index < -0.39 is 0 Å². The second-order valence-electron chi connectivity index (χ2n) is 6.55. The summed E-state index contributed by atoms with van der Waals surface area (Å²) in [6, 6.07) is 22.1. The van der Waals surface area contributed by atoms with Crippen molar-refractivity contribution in [3.63, 3.8) is 0 Å². The summed E-state index contributed by atoms with van der Waals surface area (Å²) in [6.45, 7) is 0.923. The second-order valence-corrected chi connectivity index (χ2v) is 6.93. The molecule has 29 heavy (non-hydrogen) atoms. The first-order chi connectivity index (χ1) is 14.1. The number of hydrogen-bond acceptors (Lipinski definition) is 4. The fourth-order valence-corrected chi connectivity index (χ4v) is 3.40. The van der Waals surface area contributed by atoms with Crippen molar-refractivity contribution < 1.29 is 14.9 Å². The minimum atomic E-state index is 0.210. The molecule has 0 unspecified atom stereocenters. The van der Waals surface area contributed by atoms with Crippen LogP contribution in [0.1, 0.15) is 23.1 Å². The zero-order chi connectivity index (χ0) is 20.6. The maximum atomic E-state index is 9.73. The first-order valence-corrected chi connectivity index (χ1v) is 9.97. The third-order valence-corrected chi connectivity index (χ3v) is 4.74. The number of phenolic OH excluding ortho intramolecular Hbond substituents is 2. The van der Waals surface area contributed by atoms with Crippen molar-refractivity contribution in [2.24, 2.45) is 5.73 Å². The highest BCUT2D eigenvalue weighted by Gasteiger charge is 2.14. The predicted octanol–water partition coefficient (Wildman–Crippen LogP) is 5.02. The molecule has 3 rings (SSSR count). The summed E-state index contributed by atoms with van der Waals surface area (Å²) >= 11 is 6.15. The van der Waals surface area contributed by atoms with Gasteiger partial charge in [0.05, 0.1) is 0 Å². The number of rotatable bonds is 8. The van der Waals surface area contributed by atoms with E-state index in [1.54, 1.807) is 24.3 Å². The summed E-state index contributed by atoms with van der Waals surface area (Å²) in [7, 11) is 0. The maximum Gasteiger partial charge on any atom is 0.119 e. The van der Waals surface area contributed by atoms with E-state index in [1.165, 1.54) is 0 Å². The van der Waals surface area contributed by atoms with E-state index in [1.807, 2.05) is 48.5 Å². The molecule has 0 aliphatic carbocycles. The van der Waals surface area contributed by atoms with Gasteiger partial charge in [0.2, 0.25) is 0 Å². The molecule has 4 nitrogen and oxygen atoms in total. The highest BCUT2D eigenvalue weighted by molar-refractivity contribution is 6.18. The first-order valence-electron chi connectivity index (χ1n) is 9.43. The highest BCUT2D eigenvalue weighted by Crippen LogP contribution is 2.36. The molecule has 0 saturated carbocycles. The van der Waals surface area contributed by atoms with E-state index in [2.05, 4.69) is 0 Å². The molecule has 0 heterocycles. The van der Waals surface area contributed by atoms with E-state index in [-0.39, 0.29) is 11.5 Å². The Hall–Kier alpha value is -2.95. The molecule has 150 valence electrons. The third kappa shape index (κ3) is 5.31. The lowest BCUT2D eigenvalue weighted by molar-refractivity contribution is 0.328. The molecule has 5 heteroatoms. The standard InChI is InChI=1S/C24H24ClNO3/c25-14-13-23(17-1-7-20(27)8-2-17)24(18-3-9-21(28)10-4-18)19-5-11-22(12-6-19)29-16-15-26/h1-12,27-28H,13-16,26H2. The molecule has 0 fully saturated rings. The van der Waals surface area contributed by atoms with Gasteiger partial charge in [-0.25, -0.2) is 0 Å². The van der Waals surface area contributed by atoms with E-state index in [0.29, 0.717) is 25.5 Å². The Labute approximate surface area is 175 Å². The summed E-state index contributed by atoms with van der Waals surface area (Å²) in [5.41, 5.74) is 10.5. The molecular formula is C24H24ClNO3. The molecule has 0 aliphatic rings. The molecule has 3 aromatic rings. The SMILES string of the molecule is NCCOc1ccc(C(=C(CCCl)c2ccc(O)cc2)c2ccc(O)cc2)cc1. The lowest BCUT2D eigenvalue weighted by Gasteiger charge is -2.17. The van der Waals surface area contributed by atoms with Crippen LogP contribution in [-0.4, -0.2) is 29.2 Å². The molecule has 0 saturated heterocycles. The minimum absolute atomic E-state index is 0.210. The molecule has 0 atom stereocenters. The Bertz CT molecular complexity index is 949. The van der Waals surface area contributed by atoms with Crippen LogP contribution in [0.25, 0.3) is 11.1 Å². The monoisotopic (exact) mass is 409 g/mol. The molecule has 0 aliphatic heterocycles. The smallest absolute Gasteiger partial charge is 0.119 e. The van der Waals surface area contributed by atoms with Crippen LogP contribution in [0, 0.1) is 0 Å². The summed E-state index contributed by atoms with van der Waals surface area (Å²) in [5, 5.41) is 19.4. The van der Waals surface area contributed by atoms with Gasteiger partial charge in [0.25, 0.3) is 0 Å². The Morgan fingerprint density at radius 3 is 1.72 bits per heavy atom. The molecule has 3 aromatic carbocycles. The average molecular weight is 410 g/mol. The van der Waals surface area contributed by atoms with Gasteiger partial charge in [0.15, 0.2) is 0 Å². The van der Waals surface area contributed by atoms with Crippen molar-refractivity contribution in [2.75, 3.05) is 19.0 Å². The van der Waals surface area contributed by atoms with Gasteiger partial charge in [-0.15, -0.1) is 11.6 Å². The Kier molecular flexibility index (Phi) is 7.17. The van der Waals surface area contributed by atoms with E-state index in [4.69, 9.17) is 22.1 Å². The number of aromatic hydroxyl groups is 2. The van der Waals surface area contributed by atoms with Crippen molar-refractivity contribution in [1.29, 1.82) is 0 Å². The summed E-state index contributed by atoms with van der Waals surface area (Å²) in [4.78, 5) is 0. The number of nitrogens with two attached hydrogens (primary N) is 1. The van der Waals surface area contributed by atoms with Gasteiger partial charge in [-0.3, -0.25) is 0 Å². The van der Waals surface area contributed by atoms with Gasteiger partial charge < -0.3 is 20.7 Å². The van der Waals surface area contributed by atoms with E-state index >= 15 is 0 Å². The second kappa shape index (κ2) is 10.0.